The summed E-state index contributed by atoms with van der Waals surface area (Å²) in [6.07, 6.45) is -3.82. The minimum atomic E-state index is -4.67. The molecule has 6 heteroatoms. The smallest absolute Gasteiger partial charge is 0.399 e. The maximum Gasteiger partial charge on any atom is 0.419 e. The van der Waals surface area contributed by atoms with Gasteiger partial charge in [0.2, 0.25) is 0 Å². The van der Waals surface area contributed by atoms with Crippen LogP contribution in [0.3, 0.4) is 0 Å². The fourth-order valence-electron chi connectivity index (χ4n) is 2.73. The van der Waals surface area contributed by atoms with E-state index in [0.717, 1.165) is 36.3 Å². The standard InChI is InChI=1S/C16H14F4N2/c17-14-7-10(1-4-13(14)16(18,19)20)9-22-6-5-11-2-3-12(21)8-15(11)22/h1-4,7-8H,5-6,9,21H2. The molecule has 1 heterocycles. The molecule has 0 aromatic heterocycles. The van der Waals surface area contributed by atoms with Crippen molar-refractivity contribution >= 4 is 11.4 Å². The lowest BCUT2D eigenvalue weighted by molar-refractivity contribution is -0.140. The lowest BCUT2D eigenvalue weighted by Crippen LogP contribution is -2.20. The highest BCUT2D eigenvalue weighted by molar-refractivity contribution is 5.64. The Morgan fingerprint density at radius 3 is 2.55 bits per heavy atom. The number of fused-ring (bicyclic) bond motifs is 1. The predicted molar refractivity (Wildman–Crippen MR) is 77.0 cm³/mol. The van der Waals surface area contributed by atoms with Gasteiger partial charge in [-0.3, -0.25) is 0 Å². The van der Waals surface area contributed by atoms with Crippen molar-refractivity contribution in [1.82, 2.24) is 0 Å². The third-order valence-electron chi connectivity index (χ3n) is 3.81. The van der Waals surface area contributed by atoms with Crippen LogP contribution in [0.15, 0.2) is 36.4 Å². The molecule has 0 fully saturated rings. The molecule has 0 radical (unpaired) electrons. The topological polar surface area (TPSA) is 29.3 Å². The average Bonchev–Trinajstić information content (AvgIpc) is 2.80. The zero-order valence-corrected chi connectivity index (χ0v) is 11.6. The number of hydrogen-bond donors (Lipinski definition) is 1. The molecule has 1 aliphatic rings. The molecule has 2 aromatic rings. The van der Waals surface area contributed by atoms with E-state index in [4.69, 9.17) is 5.73 Å². The van der Waals surface area contributed by atoms with Crippen LogP contribution in [0.25, 0.3) is 0 Å². The van der Waals surface area contributed by atoms with Gasteiger partial charge in [-0.25, -0.2) is 4.39 Å². The Kier molecular flexibility index (Phi) is 3.47. The molecule has 1 aliphatic heterocycles. The van der Waals surface area contributed by atoms with Crippen LogP contribution < -0.4 is 10.6 Å². The third-order valence-corrected chi connectivity index (χ3v) is 3.81. The summed E-state index contributed by atoms with van der Waals surface area (Å²) in [5.41, 5.74) is 7.76. The van der Waals surface area contributed by atoms with E-state index < -0.39 is 17.6 Å². The highest BCUT2D eigenvalue weighted by Gasteiger charge is 2.34. The van der Waals surface area contributed by atoms with Gasteiger partial charge in [0, 0.05) is 24.5 Å². The van der Waals surface area contributed by atoms with Crippen molar-refractivity contribution in [2.24, 2.45) is 0 Å². The van der Waals surface area contributed by atoms with Crippen LogP contribution in [-0.2, 0) is 19.1 Å². The molecule has 2 aromatic carbocycles. The summed E-state index contributed by atoms with van der Waals surface area (Å²) in [7, 11) is 0. The van der Waals surface area contributed by atoms with E-state index in [0.29, 0.717) is 17.8 Å². The van der Waals surface area contributed by atoms with Crippen molar-refractivity contribution in [2.45, 2.75) is 19.1 Å². The first kappa shape index (κ1) is 14.7. The van der Waals surface area contributed by atoms with Gasteiger partial charge in [-0.1, -0.05) is 12.1 Å². The van der Waals surface area contributed by atoms with E-state index in [-0.39, 0.29) is 0 Å². The number of alkyl halides is 3. The molecule has 0 unspecified atom stereocenters. The van der Waals surface area contributed by atoms with Crippen molar-refractivity contribution in [1.29, 1.82) is 0 Å². The first-order valence-corrected chi connectivity index (χ1v) is 6.83. The predicted octanol–water partition coefficient (Wildman–Crippen LogP) is 3.99. The second kappa shape index (κ2) is 5.19. The number of nitrogens with zero attached hydrogens (tertiary/aromatic N) is 1. The van der Waals surface area contributed by atoms with Crippen molar-refractivity contribution in [3.8, 4) is 0 Å². The quantitative estimate of drug-likeness (QED) is 0.671. The van der Waals surface area contributed by atoms with Crippen LogP contribution in [0.4, 0.5) is 28.9 Å². The first-order chi connectivity index (χ1) is 10.3. The Morgan fingerprint density at radius 1 is 1.09 bits per heavy atom. The zero-order chi connectivity index (χ0) is 15.9. The molecule has 0 saturated carbocycles. The van der Waals surface area contributed by atoms with Crippen LogP contribution in [0, 0.1) is 5.82 Å². The molecule has 0 aliphatic carbocycles. The van der Waals surface area contributed by atoms with Crippen molar-refractivity contribution in [3.63, 3.8) is 0 Å². The lowest BCUT2D eigenvalue weighted by Gasteiger charge is -2.20. The van der Waals surface area contributed by atoms with Crippen LogP contribution in [0.1, 0.15) is 16.7 Å². The molecule has 0 saturated heterocycles. The second-order valence-electron chi connectivity index (χ2n) is 5.37. The van der Waals surface area contributed by atoms with E-state index in [1.54, 1.807) is 0 Å². The molecule has 2 N–H and O–H groups in total. The van der Waals surface area contributed by atoms with Gasteiger partial charge in [0.05, 0.1) is 5.56 Å². The van der Waals surface area contributed by atoms with Gasteiger partial charge in [-0.05, 0) is 41.8 Å². The fourth-order valence-corrected chi connectivity index (χ4v) is 2.73. The first-order valence-electron chi connectivity index (χ1n) is 6.83. The Bertz CT molecular complexity index is 710. The Morgan fingerprint density at radius 2 is 1.86 bits per heavy atom. The van der Waals surface area contributed by atoms with E-state index >= 15 is 0 Å². The Balaban J connectivity index is 1.84. The summed E-state index contributed by atoms with van der Waals surface area (Å²) in [5, 5.41) is 0. The van der Waals surface area contributed by atoms with Gasteiger partial charge in [-0.15, -0.1) is 0 Å². The van der Waals surface area contributed by atoms with Gasteiger partial charge in [0.25, 0.3) is 0 Å². The Hall–Kier alpha value is -2.24. The number of nitrogens with two attached hydrogens (primary N) is 1. The average molecular weight is 310 g/mol. The number of nitrogen functional groups attached to an aromatic ring is 1. The molecular formula is C16H14F4N2. The molecular weight excluding hydrogens is 296 g/mol. The summed E-state index contributed by atoms with van der Waals surface area (Å²) < 4.78 is 51.3. The minimum absolute atomic E-state index is 0.353. The van der Waals surface area contributed by atoms with Gasteiger partial charge in [-0.2, -0.15) is 13.2 Å². The summed E-state index contributed by atoms with van der Waals surface area (Å²) in [6, 6.07) is 8.66. The maximum absolute atomic E-state index is 13.6. The van der Waals surface area contributed by atoms with Crippen LogP contribution in [-0.4, -0.2) is 6.54 Å². The van der Waals surface area contributed by atoms with E-state index in [2.05, 4.69) is 0 Å². The number of anilines is 2. The maximum atomic E-state index is 13.6. The summed E-state index contributed by atoms with van der Waals surface area (Å²) in [4.78, 5) is 1.99. The van der Waals surface area contributed by atoms with Gasteiger partial charge >= 0.3 is 6.18 Å². The van der Waals surface area contributed by atoms with E-state index in [1.807, 2.05) is 23.1 Å². The van der Waals surface area contributed by atoms with Gasteiger partial charge in [0.1, 0.15) is 5.82 Å². The van der Waals surface area contributed by atoms with Crippen LogP contribution in [0.2, 0.25) is 0 Å². The summed E-state index contributed by atoms with van der Waals surface area (Å²) >= 11 is 0. The third kappa shape index (κ3) is 2.73. The fraction of sp³-hybridized carbons (Fsp3) is 0.250. The SMILES string of the molecule is Nc1ccc2c(c1)N(Cc1ccc(C(F)(F)F)c(F)c1)CC2. The number of halogens is 4. The zero-order valence-electron chi connectivity index (χ0n) is 11.6. The normalized spacial score (nSPS) is 14.3. The highest BCUT2D eigenvalue weighted by atomic mass is 19.4. The molecule has 22 heavy (non-hydrogen) atoms. The number of rotatable bonds is 2. The largest absolute Gasteiger partial charge is 0.419 e. The Labute approximate surface area is 125 Å². The lowest BCUT2D eigenvalue weighted by atomic mass is 10.1. The number of benzene rings is 2. The van der Waals surface area contributed by atoms with E-state index in [9.17, 15) is 17.6 Å². The molecule has 0 atom stereocenters. The second-order valence-corrected chi connectivity index (χ2v) is 5.37. The summed E-state index contributed by atoms with van der Waals surface area (Å²) in [5.74, 6) is -1.24. The number of hydrogen-bond acceptors (Lipinski definition) is 2. The van der Waals surface area contributed by atoms with Crippen molar-refractivity contribution < 1.29 is 17.6 Å². The molecule has 2 nitrogen and oxygen atoms in total. The van der Waals surface area contributed by atoms with Gasteiger partial charge in [0.15, 0.2) is 0 Å². The molecule has 3 rings (SSSR count). The minimum Gasteiger partial charge on any atom is -0.399 e. The van der Waals surface area contributed by atoms with E-state index in [1.165, 1.54) is 6.07 Å². The molecule has 0 bridgehead atoms. The molecule has 0 spiro atoms. The highest BCUT2D eigenvalue weighted by Crippen LogP contribution is 2.33. The summed E-state index contributed by atoms with van der Waals surface area (Å²) in [6.45, 7) is 1.09. The van der Waals surface area contributed by atoms with Gasteiger partial charge < -0.3 is 10.6 Å². The van der Waals surface area contributed by atoms with Crippen LogP contribution >= 0.6 is 0 Å². The molecule has 0 amide bonds. The van der Waals surface area contributed by atoms with Crippen molar-refractivity contribution in [3.05, 3.63) is 58.9 Å². The van der Waals surface area contributed by atoms with Crippen LogP contribution in [0.5, 0.6) is 0 Å². The molecule has 116 valence electrons. The van der Waals surface area contributed by atoms with Crippen molar-refractivity contribution in [2.75, 3.05) is 17.2 Å². The monoisotopic (exact) mass is 310 g/mol.